The second-order valence-corrected chi connectivity index (χ2v) is 8.89. The molecule has 2 atom stereocenters. The number of halogens is 2. The van der Waals surface area contributed by atoms with Crippen LogP contribution in [0.25, 0.3) is 0 Å². The number of methoxy groups -OCH3 is 1. The van der Waals surface area contributed by atoms with E-state index in [0.29, 0.717) is 11.4 Å². The fourth-order valence-corrected chi connectivity index (χ4v) is 4.46. The van der Waals surface area contributed by atoms with E-state index < -0.39 is 0 Å². The van der Waals surface area contributed by atoms with Gasteiger partial charge in [-0.25, -0.2) is 0 Å². The number of benzene rings is 3. The monoisotopic (exact) mass is 498 g/mol. The van der Waals surface area contributed by atoms with E-state index in [1.165, 1.54) is 5.56 Å². The highest BCUT2D eigenvalue weighted by Gasteiger charge is 2.29. The first-order valence-corrected chi connectivity index (χ1v) is 11.4. The maximum absolute atomic E-state index is 10.5. The van der Waals surface area contributed by atoms with Crippen molar-refractivity contribution in [2.45, 2.75) is 32.0 Å². The van der Waals surface area contributed by atoms with Crippen molar-refractivity contribution in [2.24, 2.45) is 4.99 Å². The summed E-state index contributed by atoms with van der Waals surface area (Å²) in [5.41, 5.74) is 5.00. The minimum absolute atomic E-state index is 0.161. The first-order chi connectivity index (χ1) is 15.0. The third kappa shape index (κ3) is 4.79. The molecule has 0 bridgehead atoms. The number of hydrogen-bond acceptors (Lipinski definition) is 4. The quantitative estimate of drug-likeness (QED) is 0.416. The molecule has 0 aromatic heterocycles. The number of nitrogens with zero attached hydrogens (tertiary/aromatic N) is 1. The summed E-state index contributed by atoms with van der Waals surface area (Å²) in [5.74, 6) is 0.963. The lowest BCUT2D eigenvalue weighted by molar-refractivity contribution is 0.381. The standard InChI is InChI=1S/C25H24BrClN2O2/c1-3-15-4-6-16(7-5-15)21-14-22(19-13-18(27)9-10-23(19)30)29-25(28-21)20-12-17(26)8-11-24(20)31-2/h4-13,22,25,29-30H,3,14H2,1-2H3/t22-,25+/m0/s1. The number of aryl methyl sites for hydroxylation is 1. The maximum Gasteiger partial charge on any atom is 0.130 e. The zero-order chi connectivity index (χ0) is 22.0. The molecular formula is C25H24BrClN2O2. The Bertz CT molecular complexity index is 1120. The summed E-state index contributed by atoms with van der Waals surface area (Å²) in [7, 11) is 1.66. The molecule has 0 saturated carbocycles. The van der Waals surface area contributed by atoms with Crippen molar-refractivity contribution in [3.05, 3.63) is 92.4 Å². The molecule has 6 heteroatoms. The number of aliphatic imine (C=N–C) groups is 1. The van der Waals surface area contributed by atoms with Gasteiger partial charge in [0, 0.05) is 38.8 Å². The van der Waals surface area contributed by atoms with Crippen molar-refractivity contribution in [3.8, 4) is 11.5 Å². The molecule has 0 radical (unpaired) electrons. The van der Waals surface area contributed by atoms with Crippen LogP contribution in [0.1, 0.15) is 47.8 Å². The Hall–Kier alpha value is -2.34. The van der Waals surface area contributed by atoms with E-state index in [4.69, 9.17) is 21.3 Å². The number of hydrogen-bond donors (Lipinski definition) is 2. The summed E-state index contributed by atoms with van der Waals surface area (Å²) in [6.45, 7) is 2.14. The number of phenols is 1. The Labute approximate surface area is 196 Å². The minimum Gasteiger partial charge on any atom is -0.508 e. The van der Waals surface area contributed by atoms with E-state index >= 15 is 0 Å². The van der Waals surface area contributed by atoms with E-state index in [9.17, 15) is 5.11 Å². The van der Waals surface area contributed by atoms with Crippen LogP contribution in [0, 0.1) is 0 Å². The SMILES string of the molecule is CCc1ccc(C2=N[C@@H](c3cc(Br)ccc3OC)N[C@H](c3cc(Cl)ccc3O)C2)cc1. The van der Waals surface area contributed by atoms with Gasteiger partial charge in [-0.3, -0.25) is 10.3 Å². The topological polar surface area (TPSA) is 53.8 Å². The molecule has 160 valence electrons. The molecule has 3 aromatic rings. The predicted molar refractivity (Wildman–Crippen MR) is 129 cm³/mol. The van der Waals surface area contributed by atoms with E-state index in [1.807, 2.05) is 24.3 Å². The molecule has 0 unspecified atom stereocenters. The zero-order valence-electron chi connectivity index (χ0n) is 17.4. The first-order valence-electron chi connectivity index (χ1n) is 10.2. The molecule has 0 amide bonds. The van der Waals surface area contributed by atoms with Crippen LogP contribution in [-0.4, -0.2) is 17.9 Å². The van der Waals surface area contributed by atoms with Gasteiger partial charge in [0.2, 0.25) is 0 Å². The van der Waals surface area contributed by atoms with Crippen molar-refractivity contribution in [1.29, 1.82) is 0 Å². The normalized spacial score (nSPS) is 18.5. The second-order valence-electron chi connectivity index (χ2n) is 7.54. The fourth-order valence-electron chi connectivity index (χ4n) is 3.90. The summed E-state index contributed by atoms with van der Waals surface area (Å²) >= 11 is 9.81. The Morgan fingerprint density at radius 1 is 1.10 bits per heavy atom. The van der Waals surface area contributed by atoms with Gasteiger partial charge >= 0.3 is 0 Å². The molecule has 0 aliphatic carbocycles. The molecule has 0 fully saturated rings. The highest BCUT2D eigenvalue weighted by molar-refractivity contribution is 9.10. The predicted octanol–water partition coefficient (Wildman–Crippen LogP) is 6.60. The third-order valence-corrected chi connectivity index (χ3v) is 6.32. The van der Waals surface area contributed by atoms with Crippen molar-refractivity contribution in [2.75, 3.05) is 7.11 Å². The minimum atomic E-state index is -0.342. The van der Waals surface area contributed by atoms with E-state index in [2.05, 4.69) is 52.4 Å². The van der Waals surface area contributed by atoms with Crippen LogP contribution < -0.4 is 10.1 Å². The molecule has 0 spiro atoms. The van der Waals surface area contributed by atoms with Crippen LogP contribution in [0.3, 0.4) is 0 Å². The average molecular weight is 500 g/mol. The van der Waals surface area contributed by atoms with Gasteiger partial charge in [-0.1, -0.05) is 58.7 Å². The van der Waals surface area contributed by atoms with E-state index in [0.717, 1.165) is 39.0 Å². The summed E-state index contributed by atoms with van der Waals surface area (Å²) in [5, 5.41) is 14.7. The van der Waals surface area contributed by atoms with Crippen LogP contribution in [0.2, 0.25) is 5.02 Å². The van der Waals surface area contributed by atoms with Crippen molar-refractivity contribution >= 4 is 33.2 Å². The molecule has 2 N–H and O–H groups in total. The maximum atomic E-state index is 10.5. The van der Waals surface area contributed by atoms with Gasteiger partial charge in [0.15, 0.2) is 0 Å². The van der Waals surface area contributed by atoms with E-state index in [-0.39, 0.29) is 18.0 Å². The summed E-state index contributed by atoms with van der Waals surface area (Å²) in [4.78, 5) is 5.05. The molecule has 4 nitrogen and oxygen atoms in total. The molecule has 4 rings (SSSR count). The fraction of sp³-hybridized carbons (Fsp3) is 0.240. The lowest BCUT2D eigenvalue weighted by Gasteiger charge is -2.31. The van der Waals surface area contributed by atoms with Gasteiger partial charge in [0.05, 0.1) is 7.11 Å². The van der Waals surface area contributed by atoms with Crippen molar-refractivity contribution < 1.29 is 9.84 Å². The molecular weight excluding hydrogens is 476 g/mol. The van der Waals surface area contributed by atoms with Crippen LogP contribution in [0.4, 0.5) is 0 Å². The van der Waals surface area contributed by atoms with Crippen LogP contribution in [-0.2, 0) is 6.42 Å². The van der Waals surface area contributed by atoms with Gasteiger partial charge in [0.25, 0.3) is 0 Å². The lowest BCUT2D eigenvalue weighted by atomic mass is 9.93. The Morgan fingerprint density at radius 2 is 1.87 bits per heavy atom. The Kier molecular flexibility index (Phi) is 6.65. The molecule has 3 aromatic carbocycles. The van der Waals surface area contributed by atoms with Gasteiger partial charge in [0.1, 0.15) is 17.7 Å². The lowest BCUT2D eigenvalue weighted by Crippen LogP contribution is -2.33. The highest BCUT2D eigenvalue weighted by atomic mass is 79.9. The van der Waals surface area contributed by atoms with Gasteiger partial charge < -0.3 is 9.84 Å². The molecule has 0 saturated heterocycles. The van der Waals surface area contributed by atoms with Crippen molar-refractivity contribution in [3.63, 3.8) is 0 Å². The number of phenolic OH excluding ortho intramolecular Hbond substituents is 1. The summed E-state index contributed by atoms with van der Waals surface area (Å²) in [6, 6.07) is 19.4. The molecule has 1 heterocycles. The van der Waals surface area contributed by atoms with Crippen molar-refractivity contribution in [1.82, 2.24) is 5.32 Å². The third-order valence-electron chi connectivity index (χ3n) is 5.59. The first kappa shape index (κ1) is 21.9. The summed E-state index contributed by atoms with van der Waals surface area (Å²) < 4.78 is 6.55. The summed E-state index contributed by atoms with van der Waals surface area (Å²) in [6.07, 6.45) is 1.28. The van der Waals surface area contributed by atoms with Gasteiger partial charge in [-0.15, -0.1) is 0 Å². The number of ether oxygens (including phenoxy) is 1. The molecule has 1 aliphatic heterocycles. The average Bonchev–Trinajstić information content (AvgIpc) is 2.80. The highest BCUT2D eigenvalue weighted by Crippen LogP contribution is 2.38. The van der Waals surface area contributed by atoms with Gasteiger partial charge in [-0.05, 0) is 53.9 Å². The van der Waals surface area contributed by atoms with Crippen LogP contribution in [0.15, 0.2) is 70.1 Å². The van der Waals surface area contributed by atoms with Crippen LogP contribution in [0.5, 0.6) is 11.5 Å². The largest absolute Gasteiger partial charge is 0.508 e. The number of rotatable bonds is 5. The van der Waals surface area contributed by atoms with Crippen LogP contribution >= 0.6 is 27.5 Å². The Morgan fingerprint density at radius 3 is 2.58 bits per heavy atom. The smallest absolute Gasteiger partial charge is 0.130 e. The number of nitrogens with one attached hydrogen (secondary N) is 1. The zero-order valence-corrected chi connectivity index (χ0v) is 19.7. The number of aromatic hydroxyl groups is 1. The Balaban J connectivity index is 1.80. The molecule has 1 aliphatic rings. The molecule has 31 heavy (non-hydrogen) atoms. The van der Waals surface area contributed by atoms with E-state index in [1.54, 1.807) is 19.2 Å². The van der Waals surface area contributed by atoms with Gasteiger partial charge in [-0.2, -0.15) is 0 Å². The second kappa shape index (κ2) is 9.43.